The van der Waals surface area contributed by atoms with E-state index < -0.39 is 0 Å². The summed E-state index contributed by atoms with van der Waals surface area (Å²) >= 11 is 0. The van der Waals surface area contributed by atoms with Gasteiger partial charge in [0.15, 0.2) is 0 Å². The topological polar surface area (TPSA) is 26.3 Å². The smallest absolute Gasteiger partial charge is 0.330 e. The van der Waals surface area contributed by atoms with Gasteiger partial charge in [0.25, 0.3) is 0 Å². The van der Waals surface area contributed by atoms with E-state index in [9.17, 15) is 4.79 Å². The number of ether oxygens (including phenoxy) is 1. The molecule has 54 valence electrons. The van der Waals surface area contributed by atoms with E-state index in [1.54, 1.807) is 0 Å². The van der Waals surface area contributed by atoms with Crippen molar-refractivity contribution >= 4 is 5.97 Å². The Kier molecular flexibility index (Phi) is 2.26. The maximum atomic E-state index is 10.5. The van der Waals surface area contributed by atoms with Gasteiger partial charge < -0.3 is 4.74 Å². The first-order valence-electron chi connectivity index (χ1n) is 3.29. The summed E-state index contributed by atoms with van der Waals surface area (Å²) in [5.74, 6) is 0.107. The van der Waals surface area contributed by atoms with E-state index in [-0.39, 0.29) is 5.97 Å². The first kappa shape index (κ1) is 7.06. The summed E-state index contributed by atoms with van der Waals surface area (Å²) in [5, 5.41) is 0. The molecule has 2 heteroatoms. The minimum Gasteiger partial charge on any atom is -0.462 e. The number of carbonyl (C=O) groups excluding carboxylic acids is 1. The first-order chi connectivity index (χ1) is 4.83. The number of hydrogen-bond acceptors (Lipinski definition) is 2. The van der Waals surface area contributed by atoms with Crippen molar-refractivity contribution in [3.63, 3.8) is 0 Å². The lowest BCUT2D eigenvalue weighted by Crippen LogP contribution is -2.15. The maximum Gasteiger partial charge on any atom is 0.330 e. The minimum atomic E-state index is -0.236. The Labute approximate surface area is 60.2 Å². The molecule has 1 atom stereocenters. The van der Waals surface area contributed by atoms with E-state index in [0.29, 0.717) is 12.5 Å². The van der Waals surface area contributed by atoms with Crippen molar-refractivity contribution in [2.75, 3.05) is 6.61 Å². The number of hydrogen-bond donors (Lipinski definition) is 0. The number of allylic oxidation sites excluding steroid dienone is 1. The molecule has 0 bridgehead atoms. The third kappa shape index (κ3) is 1.72. The van der Waals surface area contributed by atoms with Crippen LogP contribution >= 0.6 is 0 Å². The van der Waals surface area contributed by atoms with E-state index in [2.05, 4.69) is 6.58 Å². The SMILES string of the molecule is C=CC[C@@H]1C=CC(=O)OC1. The van der Waals surface area contributed by atoms with Crippen molar-refractivity contribution in [2.45, 2.75) is 6.42 Å². The Bertz CT molecular complexity index is 170. The molecule has 1 heterocycles. The number of cyclic esters (lactones) is 1. The zero-order valence-corrected chi connectivity index (χ0v) is 5.75. The fourth-order valence-electron chi connectivity index (χ4n) is 0.868. The van der Waals surface area contributed by atoms with Gasteiger partial charge in [-0.3, -0.25) is 0 Å². The van der Waals surface area contributed by atoms with Crippen LogP contribution in [0.3, 0.4) is 0 Å². The second-order valence-electron chi connectivity index (χ2n) is 2.27. The predicted molar refractivity (Wildman–Crippen MR) is 38.4 cm³/mol. The molecular weight excluding hydrogens is 128 g/mol. The molecule has 0 saturated heterocycles. The van der Waals surface area contributed by atoms with Crippen molar-refractivity contribution in [3.05, 3.63) is 24.8 Å². The molecule has 0 amide bonds. The van der Waals surface area contributed by atoms with Gasteiger partial charge in [0, 0.05) is 12.0 Å². The molecular formula is C8H10O2. The summed E-state index contributed by atoms with van der Waals surface area (Å²) in [4.78, 5) is 10.5. The second kappa shape index (κ2) is 3.20. The number of rotatable bonds is 2. The van der Waals surface area contributed by atoms with Crippen molar-refractivity contribution in [3.8, 4) is 0 Å². The summed E-state index contributed by atoms with van der Waals surface area (Å²) in [6, 6.07) is 0. The van der Waals surface area contributed by atoms with Crippen LogP contribution in [0.1, 0.15) is 6.42 Å². The first-order valence-corrected chi connectivity index (χ1v) is 3.29. The summed E-state index contributed by atoms with van der Waals surface area (Å²) in [6.45, 7) is 4.10. The lowest BCUT2D eigenvalue weighted by atomic mass is 10.1. The van der Waals surface area contributed by atoms with Crippen LogP contribution < -0.4 is 0 Å². The molecule has 0 N–H and O–H groups in total. The zero-order chi connectivity index (χ0) is 7.40. The van der Waals surface area contributed by atoms with E-state index >= 15 is 0 Å². The Morgan fingerprint density at radius 2 is 2.70 bits per heavy atom. The van der Waals surface area contributed by atoms with Crippen molar-refractivity contribution < 1.29 is 9.53 Å². The van der Waals surface area contributed by atoms with Gasteiger partial charge in [0.05, 0.1) is 6.61 Å². The molecule has 0 aromatic rings. The highest BCUT2D eigenvalue weighted by molar-refractivity contribution is 5.82. The molecule has 0 aliphatic carbocycles. The van der Waals surface area contributed by atoms with Crippen molar-refractivity contribution in [1.82, 2.24) is 0 Å². The zero-order valence-electron chi connectivity index (χ0n) is 5.75. The highest BCUT2D eigenvalue weighted by atomic mass is 16.5. The fourth-order valence-corrected chi connectivity index (χ4v) is 0.868. The van der Waals surface area contributed by atoms with Crippen LogP contribution in [0.25, 0.3) is 0 Å². The van der Waals surface area contributed by atoms with Gasteiger partial charge in [0.1, 0.15) is 0 Å². The van der Waals surface area contributed by atoms with E-state index in [4.69, 9.17) is 4.74 Å². The average molecular weight is 138 g/mol. The summed E-state index contributed by atoms with van der Waals surface area (Å²) < 4.78 is 4.77. The van der Waals surface area contributed by atoms with Crippen LogP contribution in [0.5, 0.6) is 0 Å². The Balaban J connectivity index is 2.44. The summed E-state index contributed by atoms with van der Waals surface area (Å²) in [7, 11) is 0. The van der Waals surface area contributed by atoms with Gasteiger partial charge in [-0.15, -0.1) is 6.58 Å². The molecule has 0 fully saturated rings. The van der Waals surface area contributed by atoms with Gasteiger partial charge in [0.2, 0.25) is 0 Å². The number of carbonyl (C=O) groups is 1. The van der Waals surface area contributed by atoms with Gasteiger partial charge in [-0.1, -0.05) is 12.2 Å². The van der Waals surface area contributed by atoms with Gasteiger partial charge in [-0.2, -0.15) is 0 Å². The van der Waals surface area contributed by atoms with Crippen LogP contribution in [-0.4, -0.2) is 12.6 Å². The molecule has 10 heavy (non-hydrogen) atoms. The van der Waals surface area contributed by atoms with E-state index in [0.717, 1.165) is 6.42 Å². The van der Waals surface area contributed by atoms with Crippen LogP contribution in [0, 0.1) is 5.92 Å². The van der Waals surface area contributed by atoms with E-state index in [1.165, 1.54) is 6.08 Å². The molecule has 0 aromatic carbocycles. The van der Waals surface area contributed by atoms with Crippen LogP contribution in [0.15, 0.2) is 24.8 Å². The minimum absolute atomic E-state index is 0.236. The molecule has 0 radical (unpaired) electrons. The monoisotopic (exact) mass is 138 g/mol. The quantitative estimate of drug-likeness (QED) is 0.424. The third-order valence-electron chi connectivity index (χ3n) is 1.41. The van der Waals surface area contributed by atoms with Gasteiger partial charge >= 0.3 is 5.97 Å². The lowest BCUT2D eigenvalue weighted by Gasteiger charge is -2.13. The van der Waals surface area contributed by atoms with E-state index in [1.807, 2.05) is 12.2 Å². The maximum absolute atomic E-state index is 10.5. The Hall–Kier alpha value is -1.05. The lowest BCUT2D eigenvalue weighted by molar-refractivity contribution is -0.139. The second-order valence-corrected chi connectivity index (χ2v) is 2.27. The molecule has 0 spiro atoms. The highest BCUT2D eigenvalue weighted by Gasteiger charge is 2.11. The molecule has 0 aromatic heterocycles. The summed E-state index contributed by atoms with van der Waals surface area (Å²) in [5.41, 5.74) is 0. The van der Waals surface area contributed by atoms with Crippen LogP contribution in [-0.2, 0) is 9.53 Å². The third-order valence-corrected chi connectivity index (χ3v) is 1.41. The molecule has 0 unspecified atom stereocenters. The summed E-state index contributed by atoms with van der Waals surface area (Å²) in [6.07, 6.45) is 6.04. The van der Waals surface area contributed by atoms with Gasteiger partial charge in [-0.05, 0) is 6.42 Å². The molecule has 2 nitrogen and oxygen atoms in total. The van der Waals surface area contributed by atoms with Crippen LogP contribution in [0.4, 0.5) is 0 Å². The van der Waals surface area contributed by atoms with Gasteiger partial charge in [-0.25, -0.2) is 4.79 Å². The molecule has 1 rings (SSSR count). The molecule has 0 saturated carbocycles. The standard InChI is InChI=1S/C8H10O2/c1-2-3-7-4-5-8(9)10-6-7/h2,4-5,7H,1,3,6H2/t7-/m1/s1. The Morgan fingerprint density at radius 3 is 3.20 bits per heavy atom. The molecule has 1 aliphatic heterocycles. The van der Waals surface area contributed by atoms with Crippen LogP contribution in [0.2, 0.25) is 0 Å². The highest BCUT2D eigenvalue weighted by Crippen LogP contribution is 2.10. The normalized spacial score (nSPS) is 24.0. The number of esters is 1. The van der Waals surface area contributed by atoms with Crippen molar-refractivity contribution in [1.29, 1.82) is 0 Å². The largest absolute Gasteiger partial charge is 0.462 e. The average Bonchev–Trinajstić information content (AvgIpc) is 1.95. The predicted octanol–water partition coefficient (Wildman–Crippen LogP) is 1.29. The van der Waals surface area contributed by atoms with Crippen molar-refractivity contribution in [2.24, 2.45) is 5.92 Å². The Morgan fingerprint density at radius 1 is 1.90 bits per heavy atom. The fraction of sp³-hybridized carbons (Fsp3) is 0.375. The molecule has 1 aliphatic rings.